The first-order chi connectivity index (χ1) is 9.43. The van der Waals surface area contributed by atoms with Crippen LogP contribution in [0.25, 0.3) is 0 Å². The topological polar surface area (TPSA) is 49.4 Å². The van der Waals surface area contributed by atoms with E-state index in [0.29, 0.717) is 18.0 Å². The Labute approximate surface area is 126 Å². The predicted molar refractivity (Wildman–Crippen MR) is 84.4 cm³/mol. The summed E-state index contributed by atoms with van der Waals surface area (Å²) >= 11 is 6.37. The monoisotopic (exact) mass is 316 g/mol. The molecule has 0 radical (unpaired) electrons. The summed E-state index contributed by atoms with van der Waals surface area (Å²) in [4.78, 5) is 2.07. The highest BCUT2D eigenvalue weighted by Crippen LogP contribution is 2.29. The second-order valence-electron chi connectivity index (χ2n) is 5.21. The fourth-order valence-corrected chi connectivity index (χ4v) is 3.98. The molecule has 1 unspecified atom stereocenters. The average Bonchev–Trinajstić information content (AvgIpc) is 2.59. The number of sulfone groups is 1. The van der Waals surface area contributed by atoms with Gasteiger partial charge >= 0.3 is 0 Å². The summed E-state index contributed by atoms with van der Waals surface area (Å²) in [5.74, 6) is 0.480. The maximum Gasteiger partial charge on any atom is 0.152 e. The molecule has 1 N–H and O–H groups in total. The van der Waals surface area contributed by atoms with Crippen molar-refractivity contribution in [3.05, 3.63) is 28.8 Å². The molecule has 1 aromatic carbocycles. The van der Waals surface area contributed by atoms with Gasteiger partial charge in [-0.1, -0.05) is 17.7 Å². The lowest BCUT2D eigenvalue weighted by molar-refractivity contribution is 0.597. The smallest absolute Gasteiger partial charge is 0.152 e. The van der Waals surface area contributed by atoms with Gasteiger partial charge in [-0.15, -0.1) is 0 Å². The van der Waals surface area contributed by atoms with Crippen LogP contribution in [0.15, 0.2) is 18.2 Å². The number of anilines is 1. The fraction of sp³-hybridized carbons (Fsp3) is 0.571. The Morgan fingerprint density at radius 3 is 2.70 bits per heavy atom. The third kappa shape index (κ3) is 3.65. The van der Waals surface area contributed by atoms with Gasteiger partial charge in [0.15, 0.2) is 9.84 Å². The van der Waals surface area contributed by atoms with Crippen LogP contribution in [0.1, 0.15) is 24.9 Å². The third-order valence-electron chi connectivity index (χ3n) is 3.80. The summed E-state index contributed by atoms with van der Waals surface area (Å²) in [5, 5.41) is 3.86. The van der Waals surface area contributed by atoms with E-state index in [2.05, 4.69) is 17.1 Å². The summed E-state index contributed by atoms with van der Waals surface area (Å²) in [7, 11) is -0.984. The van der Waals surface area contributed by atoms with Gasteiger partial charge in [0, 0.05) is 19.1 Å². The van der Waals surface area contributed by atoms with Crippen molar-refractivity contribution in [1.29, 1.82) is 0 Å². The molecule has 0 spiro atoms. The fourth-order valence-electron chi connectivity index (χ4n) is 2.39. The minimum atomic E-state index is -2.89. The molecule has 6 heteroatoms. The standard InChI is InChI=1S/C14H21ClN2O2S/c1-11(16-2)12-4-5-14(13(15)10-12)17-6-3-8-20(18,19)9-7-17/h4-5,10-11,16H,3,6-9H2,1-2H3. The minimum Gasteiger partial charge on any atom is -0.369 e. The van der Waals surface area contributed by atoms with Crippen molar-refractivity contribution in [2.24, 2.45) is 0 Å². The minimum absolute atomic E-state index is 0.206. The zero-order valence-corrected chi connectivity index (χ0v) is 13.5. The van der Waals surface area contributed by atoms with Gasteiger partial charge in [0.05, 0.1) is 22.2 Å². The molecule has 20 heavy (non-hydrogen) atoms. The number of hydrogen-bond donors (Lipinski definition) is 1. The highest BCUT2D eigenvalue weighted by Gasteiger charge is 2.21. The molecule has 2 rings (SSSR count). The molecular weight excluding hydrogens is 296 g/mol. The highest BCUT2D eigenvalue weighted by atomic mass is 35.5. The first-order valence-electron chi connectivity index (χ1n) is 6.85. The molecule has 1 aliphatic rings. The average molecular weight is 317 g/mol. The van der Waals surface area contributed by atoms with E-state index in [1.807, 2.05) is 25.2 Å². The lowest BCUT2D eigenvalue weighted by Crippen LogP contribution is -2.27. The number of benzene rings is 1. The Kier molecular flexibility index (Phi) is 4.94. The molecule has 1 aliphatic heterocycles. The van der Waals surface area contributed by atoms with Gasteiger partial charge in [0.25, 0.3) is 0 Å². The van der Waals surface area contributed by atoms with Gasteiger partial charge in [-0.05, 0) is 38.1 Å². The number of nitrogens with one attached hydrogen (secondary N) is 1. The summed E-state index contributed by atoms with van der Waals surface area (Å²) in [5.41, 5.74) is 2.06. The van der Waals surface area contributed by atoms with Crippen LogP contribution in [0, 0.1) is 0 Å². The molecule has 4 nitrogen and oxygen atoms in total. The maximum atomic E-state index is 11.6. The molecule has 0 saturated carbocycles. The number of halogens is 1. The Balaban J connectivity index is 2.20. The van der Waals surface area contributed by atoms with Crippen molar-refractivity contribution in [2.75, 3.05) is 36.5 Å². The van der Waals surface area contributed by atoms with Gasteiger partial charge in [0.1, 0.15) is 0 Å². The lowest BCUT2D eigenvalue weighted by atomic mass is 10.1. The van der Waals surface area contributed by atoms with Crippen LogP contribution < -0.4 is 10.2 Å². The van der Waals surface area contributed by atoms with Crippen LogP contribution in [0.3, 0.4) is 0 Å². The molecule has 0 bridgehead atoms. The van der Waals surface area contributed by atoms with E-state index in [4.69, 9.17) is 11.6 Å². The molecule has 1 atom stereocenters. The van der Waals surface area contributed by atoms with Crippen LogP contribution in [-0.4, -0.2) is 40.1 Å². The normalized spacial score (nSPS) is 20.4. The van der Waals surface area contributed by atoms with Gasteiger partial charge in [-0.3, -0.25) is 0 Å². The Morgan fingerprint density at radius 1 is 1.30 bits per heavy atom. The van der Waals surface area contributed by atoms with E-state index in [1.165, 1.54) is 0 Å². The summed E-state index contributed by atoms with van der Waals surface area (Å²) in [6.07, 6.45) is 0.660. The molecular formula is C14H21ClN2O2S. The molecule has 1 heterocycles. The number of rotatable bonds is 3. The molecule has 0 aliphatic carbocycles. The third-order valence-corrected chi connectivity index (χ3v) is 5.82. The largest absolute Gasteiger partial charge is 0.369 e. The Bertz CT molecular complexity index is 575. The van der Waals surface area contributed by atoms with Crippen LogP contribution in [0.5, 0.6) is 0 Å². The second-order valence-corrected chi connectivity index (χ2v) is 7.92. The zero-order chi connectivity index (χ0) is 14.8. The van der Waals surface area contributed by atoms with Gasteiger partial charge in [-0.25, -0.2) is 8.42 Å². The summed E-state index contributed by atoms with van der Waals surface area (Å²) < 4.78 is 23.3. The van der Waals surface area contributed by atoms with Gasteiger partial charge in [-0.2, -0.15) is 0 Å². The SMILES string of the molecule is CNC(C)c1ccc(N2CCCS(=O)(=O)CC2)c(Cl)c1. The van der Waals surface area contributed by atoms with Crippen molar-refractivity contribution in [2.45, 2.75) is 19.4 Å². The van der Waals surface area contributed by atoms with Crippen molar-refractivity contribution in [3.63, 3.8) is 0 Å². The highest BCUT2D eigenvalue weighted by molar-refractivity contribution is 7.91. The van der Waals surface area contributed by atoms with E-state index < -0.39 is 9.84 Å². The van der Waals surface area contributed by atoms with Crippen LogP contribution in [0.2, 0.25) is 5.02 Å². The van der Waals surface area contributed by atoms with Crippen molar-refractivity contribution in [3.8, 4) is 0 Å². The number of nitrogens with zero attached hydrogens (tertiary/aromatic N) is 1. The molecule has 1 fully saturated rings. The first kappa shape index (κ1) is 15.6. The first-order valence-corrected chi connectivity index (χ1v) is 9.05. The van der Waals surface area contributed by atoms with Crippen LogP contribution in [0.4, 0.5) is 5.69 Å². The molecule has 112 valence electrons. The Morgan fingerprint density at radius 2 is 2.05 bits per heavy atom. The number of hydrogen-bond acceptors (Lipinski definition) is 4. The molecule has 0 amide bonds. The summed E-state index contributed by atoms with van der Waals surface area (Å²) in [6.45, 7) is 3.33. The second kappa shape index (κ2) is 6.33. The lowest BCUT2D eigenvalue weighted by Gasteiger charge is -2.24. The quantitative estimate of drug-likeness (QED) is 0.929. The Hall–Kier alpha value is -0.780. The van der Waals surface area contributed by atoms with E-state index in [-0.39, 0.29) is 17.5 Å². The molecule has 1 saturated heterocycles. The van der Waals surface area contributed by atoms with Crippen LogP contribution >= 0.6 is 11.6 Å². The van der Waals surface area contributed by atoms with Crippen LogP contribution in [-0.2, 0) is 9.84 Å². The van der Waals surface area contributed by atoms with Crippen molar-refractivity contribution >= 4 is 27.1 Å². The molecule has 1 aromatic rings. The zero-order valence-electron chi connectivity index (χ0n) is 11.9. The summed E-state index contributed by atoms with van der Waals surface area (Å²) in [6, 6.07) is 6.23. The maximum absolute atomic E-state index is 11.6. The van der Waals surface area contributed by atoms with Gasteiger partial charge < -0.3 is 10.2 Å². The van der Waals surface area contributed by atoms with Crippen molar-refractivity contribution in [1.82, 2.24) is 5.32 Å². The van der Waals surface area contributed by atoms with E-state index >= 15 is 0 Å². The van der Waals surface area contributed by atoms with E-state index in [9.17, 15) is 8.42 Å². The van der Waals surface area contributed by atoms with Crippen molar-refractivity contribution < 1.29 is 8.42 Å². The predicted octanol–water partition coefficient (Wildman–Crippen LogP) is 2.25. The van der Waals surface area contributed by atoms with E-state index in [1.54, 1.807) is 0 Å². The van der Waals surface area contributed by atoms with E-state index in [0.717, 1.165) is 17.8 Å². The molecule has 0 aromatic heterocycles. The van der Waals surface area contributed by atoms with Gasteiger partial charge in [0.2, 0.25) is 0 Å².